The molecule has 5 heterocycles. The van der Waals surface area contributed by atoms with Crippen molar-refractivity contribution >= 4 is 44.9 Å². The third-order valence-corrected chi connectivity index (χ3v) is 13.5. The van der Waals surface area contributed by atoms with Gasteiger partial charge in [-0.05, 0) is 64.4 Å². The van der Waals surface area contributed by atoms with Gasteiger partial charge in [-0.3, -0.25) is 19.1 Å². The lowest BCUT2D eigenvalue weighted by atomic mass is 9.88. The van der Waals surface area contributed by atoms with Crippen molar-refractivity contribution in [2.75, 3.05) is 13.7 Å². The molecular formula is C35H42F2N6O9S. The Morgan fingerprint density at radius 2 is 1.91 bits per heavy atom. The number of methoxy groups -OCH3 is 1. The molecule has 286 valence electrons. The van der Waals surface area contributed by atoms with Crippen molar-refractivity contribution in [3.05, 3.63) is 35.5 Å². The van der Waals surface area contributed by atoms with Crippen LogP contribution < -0.4 is 24.8 Å². The number of rotatable bonds is 6. The molecule has 7 rings (SSSR count). The zero-order chi connectivity index (χ0) is 37.9. The zero-order valence-corrected chi connectivity index (χ0v) is 30.1. The first-order valence-electron chi connectivity index (χ1n) is 17.8. The summed E-state index contributed by atoms with van der Waals surface area (Å²) in [5.74, 6) is -2.89. The monoisotopic (exact) mass is 760 g/mol. The zero-order valence-electron chi connectivity index (χ0n) is 29.3. The van der Waals surface area contributed by atoms with Crippen molar-refractivity contribution in [1.82, 2.24) is 30.2 Å². The van der Waals surface area contributed by atoms with E-state index in [0.29, 0.717) is 49.6 Å². The van der Waals surface area contributed by atoms with Crippen LogP contribution in [0.25, 0.3) is 11.0 Å². The molecule has 3 aliphatic heterocycles. The van der Waals surface area contributed by atoms with E-state index in [0.717, 1.165) is 0 Å². The van der Waals surface area contributed by atoms with Gasteiger partial charge in [-0.25, -0.2) is 32.0 Å². The molecular weight excluding hydrogens is 718 g/mol. The average molecular weight is 761 g/mol. The van der Waals surface area contributed by atoms with Crippen LogP contribution in [0.3, 0.4) is 0 Å². The van der Waals surface area contributed by atoms with Gasteiger partial charge in [0.25, 0.3) is 12.3 Å². The van der Waals surface area contributed by atoms with E-state index in [1.807, 2.05) is 6.08 Å². The third kappa shape index (κ3) is 6.74. The van der Waals surface area contributed by atoms with Gasteiger partial charge in [0, 0.05) is 24.0 Å². The van der Waals surface area contributed by atoms with Crippen LogP contribution in [0.1, 0.15) is 88.8 Å². The number of nitrogens with one attached hydrogen (secondary N) is 3. The van der Waals surface area contributed by atoms with Crippen LogP contribution in [-0.2, 0) is 30.8 Å². The molecule has 2 aromatic rings. The fraction of sp³-hybridized carbons (Fsp3) is 0.600. The Hall–Kier alpha value is -4.61. The van der Waals surface area contributed by atoms with Crippen LogP contribution >= 0.6 is 0 Å². The molecule has 2 saturated carbocycles. The SMILES string of the molecule is COc1ccc2nc(C(F)F)c3c(c2n1)CC[C@]1(C[C@H]2C(=O)N[C@]4(C(=O)NS(=O)(=O)C5(C)CC5)C[C@H]4/C=C\CCCCC[C@H](NC(=O)O)C(=O)N2C1)O3. The number of carbonyl (C=O) groups is 4. The van der Waals surface area contributed by atoms with Gasteiger partial charge < -0.3 is 30.1 Å². The Bertz CT molecular complexity index is 2010. The second-order valence-corrected chi connectivity index (χ2v) is 17.2. The van der Waals surface area contributed by atoms with Gasteiger partial charge in [0.15, 0.2) is 5.75 Å². The highest BCUT2D eigenvalue weighted by Gasteiger charge is 2.64. The van der Waals surface area contributed by atoms with Crippen LogP contribution in [-0.4, -0.2) is 93.8 Å². The molecule has 0 bridgehead atoms. The van der Waals surface area contributed by atoms with E-state index in [9.17, 15) is 41.5 Å². The van der Waals surface area contributed by atoms with Gasteiger partial charge in [-0.2, -0.15) is 0 Å². The van der Waals surface area contributed by atoms with Crippen molar-refractivity contribution in [3.63, 3.8) is 0 Å². The molecule has 53 heavy (non-hydrogen) atoms. The lowest BCUT2D eigenvalue weighted by molar-refractivity contribution is -0.141. The maximum Gasteiger partial charge on any atom is 0.405 e. The van der Waals surface area contributed by atoms with Gasteiger partial charge >= 0.3 is 6.09 Å². The van der Waals surface area contributed by atoms with Crippen molar-refractivity contribution in [1.29, 1.82) is 0 Å². The van der Waals surface area contributed by atoms with E-state index in [2.05, 4.69) is 25.3 Å². The predicted molar refractivity (Wildman–Crippen MR) is 184 cm³/mol. The Balaban J connectivity index is 1.26. The summed E-state index contributed by atoms with van der Waals surface area (Å²) in [6, 6.07) is 0.459. The number of nitrogens with zero attached hydrogens (tertiary/aromatic N) is 3. The number of carbonyl (C=O) groups excluding carboxylic acids is 3. The van der Waals surface area contributed by atoms with E-state index >= 15 is 0 Å². The second-order valence-electron chi connectivity index (χ2n) is 15.0. The van der Waals surface area contributed by atoms with Crippen molar-refractivity contribution in [3.8, 4) is 11.6 Å². The number of carboxylic acid groups (broad SMARTS) is 1. The summed E-state index contributed by atoms with van der Waals surface area (Å²) in [5.41, 5.74) is -2.76. The number of aryl methyl sites for hydroxylation is 1. The van der Waals surface area contributed by atoms with E-state index < -0.39 is 79.8 Å². The molecule has 3 fully saturated rings. The molecule has 2 aromatic heterocycles. The minimum absolute atomic E-state index is 0.110. The van der Waals surface area contributed by atoms with Crippen molar-refractivity contribution in [2.24, 2.45) is 5.92 Å². The maximum atomic E-state index is 14.6. The maximum absolute atomic E-state index is 14.6. The first-order valence-corrected chi connectivity index (χ1v) is 19.3. The molecule has 0 unspecified atom stereocenters. The van der Waals surface area contributed by atoms with Crippen LogP contribution in [0.4, 0.5) is 13.6 Å². The Labute approximate surface area is 304 Å². The highest BCUT2D eigenvalue weighted by molar-refractivity contribution is 7.91. The smallest absolute Gasteiger partial charge is 0.405 e. The summed E-state index contributed by atoms with van der Waals surface area (Å²) < 4.78 is 68.1. The van der Waals surface area contributed by atoms with E-state index in [4.69, 9.17) is 9.47 Å². The van der Waals surface area contributed by atoms with Crippen LogP contribution in [0.5, 0.6) is 11.6 Å². The van der Waals surface area contributed by atoms with Crippen LogP contribution in [0.2, 0.25) is 0 Å². The highest BCUT2D eigenvalue weighted by atomic mass is 32.2. The summed E-state index contributed by atoms with van der Waals surface area (Å²) >= 11 is 0. The molecule has 4 amide bonds. The van der Waals surface area contributed by atoms with Gasteiger partial charge in [0.1, 0.15) is 28.9 Å². The fourth-order valence-corrected chi connectivity index (χ4v) is 9.12. The van der Waals surface area contributed by atoms with Crippen molar-refractivity contribution in [2.45, 2.75) is 112 Å². The first-order chi connectivity index (χ1) is 25.1. The average Bonchev–Trinajstić information content (AvgIpc) is 4.00. The Morgan fingerprint density at radius 1 is 1.13 bits per heavy atom. The van der Waals surface area contributed by atoms with E-state index in [-0.39, 0.29) is 55.8 Å². The number of amides is 4. The van der Waals surface area contributed by atoms with Gasteiger partial charge in [0.2, 0.25) is 27.7 Å². The lowest BCUT2D eigenvalue weighted by Crippen LogP contribution is -2.58. The number of allylic oxidation sites excluding steroid dienone is 1. The molecule has 5 aliphatic rings. The largest absolute Gasteiger partial charge is 0.483 e. The molecule has 2 aliphatic carbocycles. The molecule has 5 atom stereocenters. The molecule has 0 aromatic carbocycles. The second kappa shape index (κ2) is 13.4. The molecule has 15 nitrogen and oxygen atoms in total. The van der Waals surface area contributed by atoms with Crippen molar-refractivity contribution < 1.29 is 51.0 Å². The number of hydrogen-bond donors (Lipinski definition) is 4. The summed E-state index contributed by atoms with van der Waals surface area (Å²) in [6.07, 6.45) is 2.80. The number of aromatic nitrogens is 2. The molecule has 4 N–H and O–H groups in total. The topological polar surface area (TPSA) is 206 Å². The summed E-state index contributed by atoms with van der Waals surface area (Å²) in [7, 11) is -2.64. The highest BCUT2D eigenvalue weighted by Crippen LogP contribution is 2.49. The fourth-order valence-electron chi connectivity index (χ4n) is 7.81. The summed E-state index contributed by atoms with van der Waals surface area (Å²) in [4.78, 5) is 64.1. The quantitative estimate of drug-likeness (QED) is 0.315. The molecule has 1 saturated heterocycles. The summed E-state index contributed by atoms with van der Waals surface area (Å²) in [6.45, 7) is 1.28. The number of ether oxygens (including phenoxy) is 2. The number of alkyl halides is 2. The standard InChI is InChI=1S/C35H42F2N6O9S/c1-33(14-15-33)53(49,50)42-31(46)35-16-19(35)8-6-4-3-5-7-9-22(39-32(47)48)30(45)43-18-34(17-23(43)29(44)41-35)13-12-20-25-21(10-11-24(40-25)51-2)38-26(28(36)37)27(20)52-34/h6,8,10-11,19,22-23,28,39H,3-5,7,9,12-18H2,1-2H3,(H,41,44)(H,42,46)(H,47,48)/b8-6-/t19-,22+,23+,34-,35-/m1/s1. The van der Waals surface area contributed by atoms with Gasteiger partial charge in [0.05, 0.1) is 29.4 Å². The third-order valence-electron chi connectivity index (χ3n) is 11.4. The lowest BCUT2D eigenvalue weighted by Gasteiger charge is -2.36. The minimum atomic E-state index is -4.06. The number of fused-ring (bicyclic) bond motifs is 5. The molecule has 18 heteroatoms. The summed E-state index contributed by atoms with van der Waals surface area (Å²) in [5, 5.41) is 14.7. The van der Waals surface area contributed by atoms with Gasteiger partial charge in [-0.15, -0.1) is 0 Å². The number of halogens is 2. The van der Waals surface area contributed by atoms with Crippen LogP contribution in [0, 0.1) is 5.92 Å². The number of sulfonamides is 1. The molecule has 1 spiro atoms. The number of hydrogen-bond acceptors (Lipinski definition) is 10. The minimum Gasteiger partial charge on any atom is -0.483 e. The molecule has 0 radical (unpaired) electrons. The number of pyridine rings is 2. The van der Waals surface area contributed by atoms with E-state index in [1.54, 1.807) is 6.08 Å². The first kappa shape index (κ1) is 36.7. The van der Waals surface area contributed by atoms with E-state index in [1.165, 1.54) is 31.1 Å². The Morgan fingerprint density at radius 3 is 2.60 bits per heavy atom. The van der Waals surface area contributed by atoms with Crippen LogP contribution in [0.15, 0.2) is 24.3 Å². The predicted octanol–water partition coefficient (Wildman–Crippen LogP) is 3.27. The van der Waals surface area contributed by atoms with Gasteiger partial charge in [-0.1, -0.05) is 25.0 Å². The normalized spacial score (nSPS) is 30.1. The Kier molecular flexibility index (Phi) is 9.26.